The Labute approximate surface area is 249 Å². The summed E-state index contributed by atoms with van der Waals surface area (Å²) in [6.07, 6.45) is 2.09. The molecular weight excluding hydrogens is 588 g/mol. The molecule has 0 spiro atoms. The maximum atomic E-state index is 12.6. The Balaban J connectivity index is 0.000000732. The maximum Gasteiger partial charge on any atom is 0.373 e. The summed E-state index contributed by atoms with van der Waals surface area (Å²) in [7, 11) is -0.848. The average molecular weight is 631 g/mol. The predicted octanol–water partition coefficient (Wildman–Crippen LogP) is 3.25. The second-order valence-electron chi connectivity index (χ2n) is 9.24. The van der Waals surface area contributed by atoms with Gasteiger partial charge in [-0.1, -0.05) is 13.3 Å². The van der Waals surface area contributed by atoms with E-state index in [1.807, 2.05) is 6.92 Å². The minimum Gasteiger partial charge on any atom is -0.497 e. The first-order valence-corrected chi connectivity index (χ1v) is 15.8. The Morgan fingerprint density at radius 1 is 0.738 bits per heavy atom. The predicted molar refractivity (Wildman–Crippen MR) is 156 cm³/mol. The first-order valence-electron chi connectivity index (χ1n) is 12.9. The maximum absolute atomic E-state index is 12.6. The zero-order valence-electron chi connectivity index (χ0n) is 25.7. The molecule has 0 saturated carbocycles. The number of hydrogen-bond donors (Lipinski definition) is 0. The Kier molecular flexibility index (Phi) is 16.9. The summed E-state index contributed by atoms with van der Waals surface area (Å²) in [6, 6.07) is 6.87. The van der Waals surface area contributed by atoms with Crippen LogP contribution < -0.4 is 9.47 Å². The van der Waals surface area contributed by atoms with Gasteiger partial charge in [-0.25, -0.2) is 21.1 Å². The van der Waals surface area contributed by atoms with Crippen molar-refractivity contribution >= 4 is 32.7 Å². The van der Waals surface area contributed by atoms with Crippen LogP contribution in [-0.4, -0.2) is 86.1 Å². The van der Waals surface area contributed by atoms with Crippen molar-refractivity contribution in [2.24, 2.45) is 0 Å². The van der Waals surface area contributed by atoms with Crippen molar-refractivity contribution in [3.05, 3.63) is 46.5 Å². The van der Waals surface area contributed by atoms with E-state index in [4.69, 9.17) is 19.1 Å². The molecule has 2 rings (SSSR count). The molecule has 0 aliphatic carbocycles. The third-order valence-corrected chi connectivity index (χ3v) is 10.4. The molecule has 0 aromatic heterocycles. The van der Waals surface area contributed by atoms with E-state index in [0.717, 1.165) is 28.3 Å². The highest BCUT2D eigenvalue weighted by Gasteiger charge is 2.26. The third-order valence-electron chi connectivity index (χ3n) is 6.09. The number of unbranched alkanes of at least 4 members (excludes halogenated alkanes) is 1. The fourth-order valence-corrected chi connectivity index (χ4v) is 7.20. The lowest BCUT2D eigenvalue weighted by Gasteiger charge is -2.20. The van der Waals surface area contributed by atoms with Gasteiger partial charge in [-0.3, -0.25) is 4.79 Å². The van der Waals surface area contributed by atoms with Gasteiger partial charge in [0.05, 0.1) is 24.0 Å². The van der Waals surface area contributed by atoms with Crippen LogP contribution in [0.5, 0.6) is 11.5 Å². The number of ether oxygens (including phenoxy) is 3. The molecule has 12 nitrogen and oxygen atoms in total. The molecule has 0 saturated heterocycles. The van der Waals surface area contributed by atoms with E-state index in [2.05, 4.69) is 4.74 Å². The number of hydrogen-bond acceptors (Lipinski definition) is 10. The molecule has 0 amide bonds. The van der Waals surface area contributed by atoms with E-state index in [9.17, 15) is 21.6 Å². The molecule has 0 atom stereocenters. The molecule has 2 aromatic rings. The lowest BCUT2D eigenvalue weighted by Crippen LogP contribution is -2.31. The van der Waals surface area contributed by atoms with Gasteiger partial charge in [0, 0.05) is 27.2 Å². The number of carbonyl (C=O) groups is 1. The van der Waals surface area contributed by atoms with Crippen LogP contribution in [0.25, 0.3) is 0 Å². The summed E-state index contributed by atoms with van der Waals surface area (Å²) in [5, 5.41) is 0. The van der Waals surface area contributed by atoms with Crippen LogP contribution in [0.2, 0.25) is 0 Å². The molecule has 236 valence electrons. The van der Waals surface area contributed by atoms with Gasteiger partial charge in [0.25, 0.3) is 6.47 Å². The molecule has 14 heteroatoms. The summed E-state index contributed by atoms with van der Waals surface area (Å²) in [4.78, 5) is 27.0. The van der Waals surface area contributed by atoms with E-state index < -0.39 is 20.0 Å². The first kappa shape index (κ1) is 38.7. The second kappa shape index (κ2) is 18.3. The number of nitrogens with zero attached hydrogens (tertiary/aromatic N) is 2. The van der Waals surface area contributed by atoms with E-state index in [1.165, 1.54) is 18.5 Å². The topological polar surface area (TPSA) is 154 Å². The number of benzene rings is 2. The van der Waals surface area contributed by atoms with Gasteiger partial charge in [-0.05, 0) is 80.6 Å². The third kappa shape index (κ3) is 10.8. The molecular formula is C28H42N2O10S2. The first-order chi connectivity index (χ1) is 19.6. The van der Waals surface area contributed by atoms with E-state index in [-0.39, 0.29) is 24.2 Å². The number of sulfonamides is 2. The molecule has 0 aliphatic heterocycles. The smallest absolute Gasteiger partial charge is 0.373 e. The van der Waals surface area contributed by atoms with Crippen molar-refractivity contribution in [3.8, 4) is 11.5 Å². The lowest BCUT2D eigenvalue weighted by atomic mass is 10.1. The van der Waals surface area contributed by atoms with Gasteiger partial charge >= 0.3 is 6.15 Å². The van der Waals surface area contributed by atoms with Gasteiger partial charge in [0.2, 0.25) is 20.0 Å². The molecule has 0 fully saturated rings. The number of aryl methyl sites for hydroxylation is 4. The van der Waals surface area contributed by atoms with Gasteiger partial charge in [0.1, 0.15) is 18.1 Å². The summed E-state index contributed by atoms with van der Waals surface area (Å²) >= 11 is 0. The van der Waals surface area contributed by atoms with Gasteiger partial charge in [-0.15, -0.1) is 0 Å². The molecule has 0 N–H and O–H groups in total. The standard InChI is InChI=1S/C14H23NO3S.C13H19NO5S.CO2/c1-6-7-8-15(4)19(16,17)14-11(2)9-13(18-5)10-12(14)3;1-10-7-12(18-4)8-11(2)13(10)20(16,17)14(3)5-6-19-9-15;2-1-3/h9-10H,6-8H2,1-5H3;7-9H,5-6H2,1-4H3;. The largest absolute Gasteiger partial charge is 0.497 e. The van der Waals surface area contributed by atoms with Crippen LogP contribution in [0.4, 0.5) is 0 Å². The van der Waals surface area contributed by atoms with Crippen molar-refractivity contribution in [1.29, 1.82) is 0 Å². The van der Waals surface area contributed by atoms with Crippen molar-refractivity contribution in [2.75, 3.05) is 48.0 Å². The van der Waals surface area contributed by atoms with Crippen LogP contribution in [0.1, 0.15) is 42.0 Å². The lowest BCUT2D eigenvalue weighted by molar-refractivity contribution is -0.191. The molecule has 0 aliphatic rings. The van der Waals surface area contributed by atoms with E-state index >= 15 is 0 Å². The minimum atomic E-state index is -3.62. The van der Waals surface area contributed by atoms with Gasteiger partial charge in [-0.2, -0.15) is 13.9 Å². The number of carbonyl (C=O) groups excluding carboxylic acids is 3. The Bertz CT molecular complexity index is 1370. The minimum absolute atomic E-state index is 0.0213. The van der Waals surface area contributed by atoms with Crippen molar-refractivity contribution in [3.63, 3.8) is 0 Å². The summed E-state index contributed by atoms with van der Waals surface area (Å²) in [5.41, 5.74) is 2.68. The number of methoxy groups -OCH3 is 2. The van der Waals surface area contributed by atoms with Crippen LogP contribution in [0, 0.1) is 27.7 Å². The summed E-state index contributed by atoms with van der Waals surface area (Å²) < 4.78 is 67.5. The highest BCUT2D eigenvalue weighted by Crippen LogP contribution is 2.29. The van der Waals surface area contributed by atoms with Crippen LogP contribution in [0.15, 0.2) is 34.1 Å². The van der Waals surface area contributed by atoms with Crippen LogP contribution in [-0.2, 0) is 39.2 Å². The molecule has 0 radical (unpaired) electrons. The van der Waals surface area contributed by atoms with Crippen molar-refractivity contribution in [1.82, 2.24) is 8.61 Å². The number of likely N-dealkylation sites (N-methyl/N-ethyl adjacent to an activating group) is 1. The van der Waals surface area contributed by atoms with Crippen LogP contribution >= 0.6 is 0 Å². The number of rotatable bonds is 13. The Morgan fingerprint density at radius 2 is 1.07 bits per heavy atom. The fraction of sp³-hybridized carbons (Fsp3) is 0.500. The summed E-state index contributed by atoms with van der Waals surface area (Å²) in [6.45, 7) is 10.1. The van der Waals surface area contributed by atoms with Crippen LogP contribution in [0.3, 0.4) is 0 Å². The quantitative estimate of drug-likeness (QED) is 0.238. The normalized spacial score (nSPS) is 11.0. The molecule has 0 bridgehead atoms. The molecule has 0 heterocycles. The fourth-order valence-electron chi connectivity index (χ4n) is 4.03. The highest BCUT2D eigenvalue weighted by molar-refractivity contribution is 7.89. The highest BCUT2D eigenvalue weighted by atomic mass is 32.2. The molecule has 42 heavy (non-hydrogen) atoms. The Hall–Kier alpha value is -3.29. The average Bonchev–Trinajstić information content (AvgIpc) is 2.91. The zero-order chi connectivity index (χ0) is 32.7. The zero-order valence-corrected chi connectivity index (χ0v) is 27.3. The summed E-state index contributed by atoms with van der Waals surface area (Å²) in [5.74, 6) is 1.30. The molecule has 0 unspecified atom stereocenters. The van der Waals surface area contributed by atoms with E-state index in [1.54, 1.807) is 66.1 Å². The SMILES string of the molecule is CCCCN(C)S(=O)(=O)c1c(C)cc(OC)cc1C.COc1cc(C)c(S(=O)(=O)N(C)CCOC=O)c(C)c1.O=C=O. The second-order valence-corrected chi connectivity index (χ2v) is 13.2. The monoisotopic (exact) mass is 630 g/mol. The van der Waals surface area contributed by atoms with Crippen molar-refractivity contribution in [2.45, 2.75) is 57.3 Å². The molecule has 2 aromatic carbocycles. The Morgan fingerprint density at radius 3 is 1.36 bits per heavy atom. The van der Waals surface area contributed by atoms with E-state index in [0.29, 0.717) is 40.5 Å². The van der Waals surface area contributed by atoms with Crippen molar-refractivity contribution < 1.29 is 45.4 Å². The van der Waals surface area contributed by atoms with Gasteiger partial charge < -0.3 is 14.2 Å². The van der Waals surface area contributed by atoms with Gasteiger partial charge in [0.15, 0.2) is 0 Å².